The molecular weight excluding hydrogens is 248 g/mol. The summed E-state index contributed by atoms with van der Waals surface area (Å²) in [5.74, 6) is 0.238. The van der Waals surface area contributed by atoms with Crippen molar-refractivity contribution in [3.8, 4) is 0 Å². The van der Waals surface area contributed by atoms with Crippen molar-refractivity contribution in [2.75, 3.05) is 26.2 Å². The molecule has 0 N–H and O–H groups in total. The second kappa shape index (κ2) is 6.51. The van der Waals surface area contributed by atoms with E-state index in [0.29, 0.717) is 6.04 Å². The molecule has 0 saturated carbocycles. The maximum absolute atomic E-state index is 12.6. The van der Waals surface area contributed by atoms with Crippen LogP contribution in [0.1, 0.15) is 36.7 Å². The second-order valence-electron chi connectivity index (χ2n) is 5.88. The van der Waals surface area contributed by atoms with Gasteiger partial charge in [-0.3, -0.25) is 14.6 Å². The SMILES string of the molecule is CCN1CCN(C(C)C(=O)c2ccc(C)cc2)CC1C. The fourth-order valence-electron chi connectivity index (χ4n) is 2.97. The van der Waals surface area contributed by atoms with E-state index >= 15 is 0 Å². The highest BCUT2D eigenvalue weighted by Gasteiger charge is 2.29. The van der Waals surface area contributed by atoms with Crippen molar-refractivity contribution < 1.29 is 4.79 Å². The van der Waals surface area contributed by atoms with Crippen LogP contribution in [0, 0.1) is 6.92 Å². The molecule has 1 heterocycles. The molecule has 1 aliphatic heterocycles. The molecule has 3 heteroatoms. The van der Waals surface area contributed by atoms with Gasteiger partial charge >= 0.3 is 0 Å². The molecule has 0 spiro atoms. The van der Waals surface area contributed by atoms with Crippen molar-refractivity contribution in [1.82, 2.24) is 9.80 Å². The van der Waals surface area contributed by atoms with Gasteiger partial charge in [-0.25, -0.2) is 0 Å². The Bertz CT molecular complexity index is 455. The van der Waals surface area contributed by atoms with E-state index in [9.17, 15) is 4.79 Å². The summed E-state index contributed by atoms with van der Waals surface area (Å²) in [6.07, 6.45) is 0. The molecule has 1 aliphatic rings. The molecule has 2 rings (SSSR count). The first-order valence-corrected chi connectivity index (χ1v) is 7.62. The van der Waals surface area contributed by atoms with E-state index in [1.54, 1.807) is 0 Å². The Morgan fingerprint density at radius 3 is 2.50 bits per heavy atom. The number of rotatable bonds is 4. The number of hydrogen-bond donors (Lipinski definition) is 0. The molecule has 3 nitrogen and oxygen atoms in total. The first-order valence-electron chi connectivity index (χ1n) is 7.62. The Balaban J connectivity index is 2.02. The fourth-order valence-corrected chi connectivity index (χ4v) is 2.97. The molecule has 2 atom stereocenters. The molecule has 2 unspecified atom stereocenters. The summed E-state index contributed by atoms with van der Waals surface area (Å²) in [5, 5.41) is 0. The number of hydrogen-bond acceptors (Lipinski definition) is 3. The third-order valence-electron chi connectivity index (χ3n) is 4.47. The van der Waals surface area contributed by atoms with Gasteiger partial charge in [0.25, 0.3) is 0 Å². The zero-order valence-electron chi connectivity index (χ0n) is 13.1. The number of benzene rings is 1. The average Bonchev–Trinajstić information content (AvgIpc) is 2.46. The number of likely N-dealkylation sites (N-methyl/N-ethyl adjacent to an activating group) is 1. The summed E-state index contributed by atoms with van der Waals surface area (Å²) in [7, 11) is 0. The summed E-state index contributed by atoms with van der Waals surface area (Å²) in [6.45, 7) is 12.6. The van der Waals surface area contributed by atoms with Crippen molar-refractivity contribution in [1.29, 1.82) is 0 Å². The van der Waals surface area contributed by atoms with Crippen LogP contribution in [0.3, 0.4) is 0 Å². The highest BCUT2D eigenvalue weighted by molar-refractivity contribution is 5.99. The number of nitrogens with zero attached hydrogens (tertiary/aromatic N) is 2. The first kappa shape index (κ1) is 15.2. The molecule has 110 valence electrons. The van der Waals surface area contributed by atoms with Gasteiger partial charge in [0.15, 0.2) is 5.78 Å². The number of aryl methyl sites for hydroxylation is 1. The Morgan fingerprint density at radius 1 is 1.30 bits per heavy atom. The monoisotopic (exact) mass is 274 g/mol. The minimum atomic E-state index is -0.0286. The molecule has 0 radical (unpaired) electrons. The normalized spacial score (nSPS) is 22.7. The number of Topliss-reactive ketones (excluding diaryl/α,β-unsaturated/α-hetero) is 1. The van der Waals surface area contributed by atoms with Crippen molar-refractivity contribution in [3.63, 3.8) is 0 Å². The van der Waals surface area contributed by atoms with Crippen LogP contribution >= 0.6 is 0 Å². The van der Waals surface area contributed by atoms with Gasteiger partial charge in [0.05, 0.1) is 6.04 Å². The largest absolute Gasteiger partial charge is 0.298 e. The van der Waals surface area contributed by atoms with Gasteiger partial charge in [0.2, 0.25) is 0 Å². The minimum absolute atomic E-state index is 0.0286. The van der Waals surface area contributed by atoms with E-state index in [1.165, 1.54) is 5.56 Å². The van der Waals surface area contributed by atoms with Gasteiger partial charge in [0.1, 0.15) is 0 Å². The smallest absolute Gasteiger partial charge is 0.179 e. The zero-order chi connectivity index (χ0) is 14.7. The summed E-state index contributed by atoms with van der Waals surface area (Å²) >= 11 is 0. The van der Waals surface area contributed by atoms with Crippen LogP contribution in [-0.2, 0) is 0 Å². The fraction of sp³-hybridized carbons (Fsp3) is 0.588. The molecule has 1 fully saturated rings. The number of carbonyl (C=O) groups excluding carboxylic acids is 1. The molecule has 0 aliphatic carbocycles. The van der Waals surface area contributed by atoms with Crippen molar-refractivity contribution >= 4 is 5.78 Å². The van der Waals surface area contributed by atoms with E-state index in [-0.39, 0.29) is 11.8 Å². The van der Waals surface area contributed by atoms with E-state index < -0.39 is 0 Å². The molecule has 20 heavy (non-hydrogen) atoms. The molecule has 1 saturated heterocycles. The van der Waals surface area contributed by atoms with E-state index in [4.69, 9.17) is 0 Å². The zero-order valence-corrected chi connectivity index (χ0v) is 13.1. The van der Waals surface area contributed by atoms with Crippen LogP contribution in [0.5, 0.6) is 0 Å². The Kier molecular flexibility index (Phi) is 4.95. The minimum Gasteiger partial charge on any atom is -0.298 e. The number of carbonyl (C=O) groups is 1. The molecule has 1 aromatic carbocycles. The second-order valence-corrected chi connectivity index (χ2v) is 5.88. The third-order valence-corrected chi connectivity index (χ3v) is 4.47. The maximum Gasteiger partial charge on any atom is 0.179 e. The van der Waals surface area contributed by atoms with E-state index in [0.717, 1.165) is 31.7 Å². The lowest BCUT2D eigenvalue weighted by Crippen LogP contribution is -2.55. The van der Waals surface area contributed by atoms with Crippen LogP contribution in [0.15, 0.2) is 24.3 Å². The van der Waals surface area contributed by atoms with E-state index in [2.05, 4.69) is 23.6 Å². The number of ketones is 1. The van der Waals surface area contributed by atoms with Gasteiger partial charge in [0, 0.05) is 31.2 Å². The quantitative estimate of drug-likeness (QED) is 0.789. The Hall–Kier alpha value is -1.19. The predicted molar refractivity (Wildman–Crippen MR) is 83.3 cm³/mol. The van der Waals surface area contributed by atoms with Crippen molar-refractivity contribution in [3.05, 3.63) is 35.4 Å². The lowest BCUT2D eigenvalue weighted by atomic mass is 10.0. The predicted octanol–water partition coefficient (Wildman–Crippen LogP) is 2.59. The lowest BCUT2D eigenvalue weighted by Gasteiger charge is -2.41. The van der Waals surface area contributed by atoms with Gasteiger partial charge in [-0.15, -0.1) is 0 Å². The van der Waals surface area contributed by atoms with Crippen LogP contribution < -0.4 is 0 Å². The van der Waals surface area contributed by atoms with Gasteiger partial charge in [-0.1, -0.05) is 36.8 Å². The van der Waals surface area contributed by atoms with Crippen LogP contribution in [0.4, 0.5) is 0 Å². The van der Waals surface area contributed by atoms with Gasteiger partial charge in [-0.2, -0.15) is 0 Å². The average molecular weight is 274 g/mol. The third kappa shape index (κ3) is 3.28. The standard InChI is InChI=1S/C17H26N2O/c1-5-18-10-11-19(12-14(18)3)15(4)17(20)16-8-6-13(2)7-9-16/h6-9,14-15H,5,10-12H2,1-4H3. The Labute approximate surface area is 122 Å². The summed E-state index contributed by atoms with van der Waals surface area (Å²) < 4.78 is 0. The summed E-state index contributed by atoms with van der Waals surface area (Å²) in [6, 6.07) is 8.41. The molecule has 1 aromatic rings. The topological polar surface area (TPSA) is 23.6 Å². The van der Waals surface area contributed by atoms with Gasteiger partial charge in [-0.05, 0) is 27.3 Å². The van der Waals surface area contributed by atoms with Crippen molar-refractivity contribution in [2.24, 2.45) is 0 Å². The van der Waals surface area contributed by atoms with Crippen LogP contribution in [-0.4, -0.2) is 53.8 Å². The van der Waals surface area contributed by atoms with Crippen molar-refractivity contribution in [2.45, 2.75) is 39.8 Å². The highest BCUT2D eigenvalue weighted by Crippen LogP contribution is 2.15. The first-order chi connectivity index (χ1) is 9.52. The molecule has 0 aromatic heterocycles. The number of piperazine rings is 1. The van der Waals surface area contributed by atoms with Gasteiger partial charge < -0.3 is 0 Å². The Morgan fingerprint density at radius 2 is 1.95 bits per heavy atom. The molecule has 0 bridgehead atoms. The molecular formula is C17H26N2O. The van der Waals surface area contributed by atoms with E-state index in [1.807, 2.05) is 38.1 Å². The highest BCUT2D eigenvalue weighted by atomic mass is 16.1. The van der Waals surface area contributed by atoms with Crippen LogP contribution in [0.25, 0.3) is 0 Å². The summed E-state index contributed by atoms with van der Waals surface area (Å²) in [4.78, 5) is 17.3. The maximum atomic E-state index is 12.6. The van der Waals surface area contributed by atoms with Crippen LogP contribution in [0.2, 0.25) is 0 Å². The molecule has 0 amide bonds. The lowest BCUT2D eigenvalue weighted by molar-refractivity contribution is 0.0533. The summed E-state index contributed by atoms with van der Waals surface area (Å²) in [5.41, 5.74) is 2.02.